The number of halogens is 1. The zero-order valence-electron chi connectivity index (χ0n) is 11.0. The Hall–Kier alpha value is -2.04. The molecule has 0 aromatic carbocycles. The second kappa shape index (κ2) is 5.06. The first-order valence-corrected chi connectivity index (χ1v) is 6.19. The van der Waals surface area contributed by atoms with Gasteiger partial charge in [0.2, 0.25) is 11.8 Å². The number of aliphatic hydroxyl groups excluding tert-OH is 2. The van der Waals surface area contributed by atoms with Gasteiger partial charge in [0.1, 0.15) is 12.2 Å². The molecule has 0 spiro atoms. The van der Waals surface area contributed by atoms with Gasteiger partial charge in [0.05, 0.1) is 20.0 Å². The molecular formula is C11H14FN5O4. The first-order chi connectivity index (χ1) is 10.1. The fourth-order valence-corrected chi connectivity index (χ4v) is 2.31. The minimum absolute atomic E-state index is 0.0613. The van der Waals surface area contributed by atoms with Gasteiger partial charge in [-0.2, -0.15) is 9.97 Å². The van der Waals surface area contributed by atoms with Crippen LogP contribution in [-0.2, 0) is 4.74 Å². The number of nitrogen functional groups attached to an aromatic ring is 1. The maximum absolute atomic E-state index is 14.2. The Labute approximate surface area is 118 Å². The van der Waals surface area contributed by atoms with Crippen LogP contribution in [0.15, 0.2) is 6.33 Å². The smallest absolute Gasteiger partial charge is 0.246 e. The van der Waals surface area contributed by atoms with E-state index in [1.807, 2.05) is 0 Å². The lowest BCUT2D eigenvalue weighted by Crippen LogP contribution is -2.30. The molecule has 1 aliphatic heterocycles. The Balaban J connectivity index is 2.07. The first kappa shape index (κ1) is 13.9. The molecule has 4 atom stereocenters. The quantitative estimate of drug-likeness (QED) is 0.658. The van der Waals surface area contributed by atoms with E-state index in [4.69, 9.17) is 20.3 Å². The van der Waals surface area contributed by atoms with Crippen molar-refractivity contribution in [1.82, 2.24) is 19.5 Å². The van der Waals surface area contributed by atoms with Gasteiger partial charge in [0.15, 0.2) is 23.6 Å². The van der Waals surface area contributed by atoms with Gasteiger partial charge in [0.25, 0.3) is 0 Å². The number of fused-ring (bicyclic) bond motifs is 1. The fraction of sp³-hybridized carbons (Fsp3) is 0.545. The normalized spacial score (nSPS) is 29.1. The zero-order chi connectivity index (χ0) is 15.1. The summed E-state index contributed by atoms with van der Waals surface area (Å²) in [5, 5.41) is 18.7. The minimum Gasteiger partial charge on any atom is -0.479 e. The molecule has 0 saturated carbocycles. The topological polar surface area (TPSA) is 129 Å². The molecule has 21 heavy (non-hydrogen) atoms. The highest BCUT2D eigenvalue weighted by molar-refractivity contribution is 5.77. The number of imidazole rings is 1. The number of aliphatic hydroxyl groups is 2. The number of ether oxygens (including phenoxy) is 2. The van der Waals surface area contributed by atoms with Crippen LogP contribution in [0, 0.1) is 0 Å². The van der Waals surface area contributed by atoms with Crippen LogP contribution in [0.1, 0.15) is 6.23 Å². The molecule has 0 aliphatic carbocycles. The Kier molecular flexibility index (Phi) is 3.35. The van der Waals surface area contributed by atoms with Gasteiger partial charge >= 0.3 is 0 Å². The van der Waals surface area contributed by atoms with Crippen LogP contribution in [0.25, 0.3) is 11.2 Å². The van der Waals surface area contributed by atoms with E-state index in [-0.39, 0.29) is 17.5 Å². The van der Waals surface area contributed by atoms with Crippen LogP contribution in [0.2, 0.25) is 0 Å². The monoisotopic (exact) mass is 299 g/mol. The van der Waals surface area contributed by atoms with Crippen molar-refractivity contribution in [2.75, 3.05) is 19.5 Å². The predicted molar refractivity (Wildman–Crippen MR) is 68.2 cm³/mol. The maximum atomic E-state index is 14.2. The number of methoxy groups -OCH3 is 1. The number of rotatable bonds is 3. The van der Waals surface area contributed by atoms with Crippen molar-refractivity contribution in [2.45, 2.75) is 24.6 Å². The average molecular weight is 299 g/mol. The third-order valence-corrected chi connectivity index (χ3v) is 3.35. The van der Waals surface area contributed by atoms with Crippen molar-refractivity contribution in [3.05, 3.63) is 6.33 Å². The number of aromatic nitrogens is 4. The van der Waals surface area contributed by atoms with E-state index in [9.17, 15) is 9.50 Å². The van der Waals surface area contributed by atoms with Gasteiger partial charge < -0.3 is 25.4 Å². The van der Waals surface area contributed by atoms with Crippen molar-refractivity contribution >= 4 is 17.1 Å². The number of nitrogens with zero attached hydrogens (tertiary/aromatic N) is 4. The van der Waals surface area contributed by atoms with Crippen LogP contribution in [0.5, 0.6) is 5.88 Å². The summed E-state index contributed by atoms with van der Waals surface area (Å²) in [4.78, 5) is 11.9. The van der Waals surface area contributed by atoms with E-state index in [0.717, 1.165) is 0 Å². The lowest BCUT2D eigenvalue weighted by atomic mass is 10.1. The van der Waals surface area contributed by atoms with Crippen LogP contribution < -0.4 is 10.5 Å². The second-order valence-corrected chi connectivity index (χ2v) is 4.60. The van der Waals surface area contributed by atoms with Crippen molar-refractivity contribution in [3.8, 4) is 5.88 Å². The van der Waals surface area contributed by atoms with E-state index in [1.165, 1.54) is 18.0 Å². The molecule has 0 amide bonds. The summed E-state index contributed by atoms with van der Waals surface area (Å²) in [7, 11) is 1.40. The predicted octanol–water partition coefficient (Wildman–Crippen LogP) is -0.994. The van der Waals surface area contributed by atoms with Crippen molar-refractivity contribution in [2.24, 2.45) is 0 Å². The number of hydrogen-bond acceptors (Lipinski definition) is 8. The summed E-state index contributed by atoms with van der Waals surface area (Å²) in [5.41, 5.74) is 6.09. The van der Waals surface area contributed by atoms with Crippen LogP contribution in [-0.4, -0.2) is 61.8 Å². The molecule has 3 heterocycles. The van der Waals surface area contributed by atoms with E-state index < -0.39 is 31.2 Å². The highest BCUT2D eigenvalue weighted by Gasteiger charge is 2.45. The molecule has 1 aliphatic rings. The van der Waals surface area contributed by atoms with Gasteiger partial charge in [-0.15, -0.1) is 0 Å². The number of hydrogen-bond donors (Lipinski definition) is 3. The summed E-state index contributed by atoms with van der Waals surface area (Å²) in [6.45, 7) is -0.495. The molecule has 1 saturated heterocycles. The third kappa shape index (κ3) is 2.07. The molecule has 0 bridgehead atoms. The summed E-state index contributed by atoms with van der Waals surface area (Å²) in [6, 6.07) is 0. The van der Waals surface area contributed by atoms with Crippen molar-refractivity contribution in [1.29, 1.82) is 0 Å². The van der Waals surface area contributed by atoms with Gasteiger partial charge in [-0.25, -0.2) is 9.37 Å². The standard InChI is InChI=1S/C11H14FN5O4/c1-20-9-6-8(15-11(13)16-9)17(3-14-6)10-5(12)7(19)4(2-18)21-10/h3-5,7,10,18-19H,2H2,1H3,(H2,13,15,16)/t4-,5?,7+,10-/m1/s1. The summed E-state index contributed by atoms with van der Waals surface area (Å²) in [6.07, 6.45) is -4.05. The molecule has 2 aromatic rings. The maximum Gasteiger partial charge on any atom is 0.246 e. The highest BCUT2D eigenvalue weighted by Crippen LogP contribution is 2.34. The van der Waals surface area contributed by atoms with E-state index >= 15 is 0 Å². The number of alkyl halides is 1. The molecule has 4 N–H and O–H groups in total. The number of nitrogens with two attached hydrogens (primary N) is 1. The van der Waals surface area contributed by atoms with Gasteiger partial charge in [-0.1, -0.05) is 0 Å². The van der Waals surface area contributed by atoms with E-state index in [0.29, 0.717) is 5.52 Å². The molecule has 3 rings (SSSR count). The Morgan fingerprint density at radius 3 is 2.90 bits per heavy atom. The molecule has 2 aromatic heterocycles. The summed E-state index contributed by atoms with van der Waals surface area (Å²) < 4.78 is 25.8. The second-order valence-electron chi connectivity index (χ2n) is 4.60. The molecule has 9 nitrogen and oxygen atoms in total. The zero-order valence-corrected chi connectivity index (χ0v) is 11.0. The van der Waals surface area contributed by atoms with Crippen molar-refractivity contribution < 1.29 is 24.1 Å². The third-order valence-electron chi connectivity index (χ3n) is 3.35. The lowest BCUT2D eigenvalue weighted by molar-refractivity contribution is -0.0459. The number of anilines is 1. The molecule has 0 radical (unpaired) electrons. The average Bonchev–Trinajstić information content (AvgIpc) is 3.01. The van der Waals surface area contributed by atoms with E-state index in [1.54, 1.807) is 0 Å². The van der Waals surface area contributed by atoms with Crippen LogP contribution in [0.4, 0.5) is 10.3 Å². The molecule has 10 heteroatoms. The molecular weight excluding hydrogens is 285 g/mol. The molecule has 114 valence electrons. The highest BCUT2D eigenvalue weighted by atomic mass is 19.1. The summed E-state index contributed by atoms with van der Waals surface area (Å²) in [5.74, 6) is 0.0951. The minimum atomic E-state index is -1.73. The van der Waals surface area contributed by atoms with Gasteiger partial charge in [-0.05, 0) is 0 Å². The van der Waals surface area contributed by atoms with Crippen molar-refractivity contribution in [3.63, 3.8) is 0 Å². The Morgan fingerprint density at radius 2 is 2.29 bits per heavy atom. The largest absolute Gasteiger partial charge is 0.479 e. The van der Waals surface area contributed by atoms with Crippen LogP contribution in [0.3, 0.4) is 0 Å². The Morgan fingerprint density at radius 1 is 1.52 bits per heavy atom. The first-order valence-electron chi connectivity index (χ1n) is 6.19. The van der Waals surface area contributed by atoms with Crippen LogP contribution >= 0.6 is 0 Å². The lowest BCUT2D eigenvalue weighted by Gasteiger charge is -2.15. The van der Waals surface area contributed by atoms with E-state index in [2.05, 4.69) is 15.0 Å². The molecule has 1 unspecified atom stereocenters. The summed E-state index contributed by atoms with van der Waals surface area (Å²) >= 11 is 0. The SMILES string of the molecule is COc1nc(N)nc2c1ncn2[C@@H]1O[C@H](CO)[C@H](O)C1F. The Bertz CT molecular complexity index is 665. The molecule has 1 fully saturated rings. The van der Waals surface area contributed by atoms with Gasteiger partial charge in [-0.3, -0.25) is 4.57 Å². The fourth-order valence-electron chi connectivity index (χ4n) is 2.31. The van der Waals surface area contributed by atoms with Gasteiger partial charge in [0, 0.05) is 0 Å².